The minimum Gasteiger partial charge on any atom is -0.369 e. The zero-order valence-corrected chi connectivity index (χ0v) is 15.1. The average Bonchev–Trinajstić information content (AvgIpc) is 3.19. The number of benzene rings is 1. The van der Waals surface area contributed by atoms with Crippen LogP contribution < -0.4 is 5.73 Å². The normalized spacial score (nSPS) is 11.7. The number of nitrogens with zero attached hydrogens (tertiary/aromatic N) is 4. The first-order chi connectivity index (χ1) is 12.8. The van der Waals surface area contributed by atoms with Crippen LogP contribution in [0.3, 0.4) is 0 Å². The Morgan fingerprint density at radius 2 is 2.00 bits per heavy atom. The smallest absolute Gasteiger partial charge is 0.369 e. The number of halogens is 3. The Labute approximate surface area is 157 Å². The van der Waals surface area contributed by atoms with E-state index >= 15 is 0 Å². The summed E-state index contributed by atoms with van der Waals surface area (Å²) in [5.41, 5.74) is 5.59. The number of carbonyl (C=O) groups excluding carboxylic acids is 1. The highest BCUT2D eigenvalue weighted by Crippen LogP contribution is 2.32. The van der Waals surface area contributed by atoms with E-state index in [4.69, 9.17) is 5.73 Å². The number of rotatable bonds is 6. The number of nitrogens with two attached hydrogens (primary N) is 1. The van der Waals surface area contributed by atoms with Crippen LogP contribution in [-0.2, 0) is 24.4 Å². The average molecular weight is 395 g/mol. The van der Waals surface area contributed by atoms with Gasteiger partial charge in [-0.05, 0) is 30.3 Å². The van der Waals surface area contributed by atoms with Crippen LogP contribution in [0, 0.1) is 0 Å². The van der Waals surface area contributed by atoms with E-state index in [9.17, 15) is 18.0 Å². The molecule has 0 radical (unpaired) electrons. The van der Waals surface area contributed by atoms with Gasteiger partial charge >= 0.3 is 6.18 Å². The summed E-state index contributed by atoms with van der Waals surface area (Å²) in [6, 6.07) is 8.66. The van der Waals surface area contributed by atoms with Gasteiger partial charge in [0.05, 0.1) is 17.0 Å². The molecular weight excluding hydrogens is 379 g/mol. The third-order valence-electron chi connectivity index (χ3n) is 3.87. The Balaban J connectivity index is 2.06. The fraction of sp³-hybridized carbons (Fsp3) is 0.235. The lowest BCUT2D eigenvalue weighted by Crippen LogP contribution is -2.14. The van der Waals surface area contributed by atoms with Crippen molar-refractivity contribution in [1.82, 2.24) is 19.3 Å². The largest absolute Gasteiger partial charge is 0.416 e. The number of primary amides is 1. The lowest BCUT2D eigenvalue weighted by atomic mass is 10.2. The van der Waals surface area contributed by atoms with Gasteiger partial charge in [0.15, 0.2) is 5.16 Å². The summed E-state index contributed by atoms with van der Waals surface area (Å²) < 4.78 is 42.8. The topological polar surface area (TPSA) is 78.7 Å². The first-order valence-electron chi connectivity index (χ1n) is 7.89. The van der Waals surface area contributed by atoms with Crippen LogP contribution >= 0.6 is 11.8 Å². The van der Waals surface area contributed by atoms with Gasteiger partial charge in [0.2, 0.25) is 5.91 Å². The van der Waals surface area contributed by atoms with Gasteiger partial charge in [-0.2, -0.15) is 13.2 Å². The molecule has 2 N–H and O–H groups in total. The molecule has 0 aliphatic carbocycles. The SMILES string of the molecule is Cn1cccc1Cc1nnc(SCC(N)=O)n1-c1cccc(C(F)(F)F)c1. The minimum absolute atomic E-state index is 0.0543. The maximum atomic E-state index is 13.1. The van der Waals surface area contributed by atoms with Gasteiger partial charge in [0.25, 0.3) is 0 Å². The van der Waals surface area contributed by atoms with Crippen LogP contribution in [0.4, 0.5) is 13.2 Å². The van der Waals surface area contributed by atoms with Crippen molar-refractivity contribution in [3.8, 4) is 5.69 Å². The van der Waals surface area contributed by atoms with Crippen molar-refractivity contribution in [3.05, 3.63) is 59.7 Å². The Kier molecular flexibility index (Phi) is 5.26. The van der Waals surface area contributed by atoms with E-state index < -0.39 is 17.6 Å². The van der Waals surface area contributed by atoms with E-state index in [0.717, 1.165) is 29.6 Å². The third kappa shape index (κ3) is 4.33. The lowest BCUT2D eigenvalue weighted by Gasteiger charge is -2.13. The number of amides is 1. The predicted octanol–water partition coefficient (Wildman–Crippen LogP) is 2.79. The van der Waals surface area contributed by atoms with Crippen LogP contribution in [0.2, 0.25) is 0 Å². The van der Waals surface area contributed by atoms with Crippen LogP contribution in [0.15, 0.2) is 47.8 Å². The van der Waals surface area contributed by atoms with Crippen molar-refractivity contribution in [2.24, 2.45) is 12.8 Å². The van der Waals surface area contributed by atoms with Gasteiger partial charge < -0.3 is 10.3 Å². The molecule has 0 saturated carbocycles. The van der Waals surface area contributed by atoms with Crippen molar-refractivity contribution in [2.75, 3.05) is 5.75 Å². The molecule has 2 heterocycles. The van der Waals surface area contributed by atoms with Crippen LogP contribution in [-0.4, -0.2) is 31.0 Å². The van der Waals surface area contributed by atoms with Crippen molar-refractivity contribution in [3.63, 3.8) is 0 Å². The van der Waals surface area contributed by atoms with E-state index in [1.54, 1.807) is 6.07 Å². The molecule has 2 aromatic heterocycles. The molecule has 0 spiro atoms. The first kappa shape index (κ1) is 19.0. The lowest BCUT2D eigenvalue weighted by molar-refractivity contribution is -0.137. The Morgan fingerprint density at radius 1 is 1.22 bits per heavy atom. The maximum Gasteiger partial charge on any atom is 0.416 e. The number of alkyl halides is 3. The molecule has 10 heteroatoms. The Hall–Kier alpha value is -2.75. The van der Waals surface area contributed by atoms with E-state index in [1.165, 1.54) is 10.6 Å². The summed E-state index contributed by atoms with van der Waals surface area (Å²) in [7, 11) is 1.86. The van der Waals surface area contributed by atoms with Gasteiger partial charge in [-0.1, -0.05) is 17.8 Å². The predicted molar refractivity (Wildman–Crippen MR) is 94.5 cm³/mol. The van der Waals surface area contributed by atoms with Crippen LogP contribution in [0.5, 0.6) is 0 Å². The van der Waals surface area contributed by atoms with Gasteiger partial charge in [-0.15, -0.1) is 10.2 Å². The molecule has 27 heavy (non-hydrogen) atoms. The monoisotopic (exact) mass is 395 g/mol. The van der Waals surface area contributed by atoms with E-state index in [0.29, 0.717) is 17.4 Å². The van der Waals surface area contributed by atoms with Crippen molar-refractivity contribution < 1.29 is 18.0 Å². The molecule has 3 rings (SSSR count). The van der Waals surface area contributed by atoms with Gasteiger partial charge in [-0.25, -0.2) is 0 Å². The summed E-state index contributed by atoms with van der Waals surface area (Å²) >= 11 is 1.03. The maximum absolute atomic E-state index is 13.1. The van der Waals surface area contributed by atoms with Crippen molar-refractivity contribution >= 4 is 17.7 Å². The third-order valence-corrected chi connectivity index (χ3v) is 4.82. The van der Waals surface area contributed by atoms with Gasteiger partial charge in [0, 0.05) is 25.4 Å². The Morgan fingerprint density at radius 3 is 2.63 bits per heavy atom. The summed E-state index contributed by atoms with van der Waals surface area (Å²) in [6.07, 6.45) is -2.24. The molecule has 1 amide bonds. The summed E-state index contributed by atoms with van der Waals surface area (Å²) in [5.74, 6) is -0.146. The highest BCUT2D eigenvalue weighted by molar-refractivity contribution is 7.99. The van der Waals surface area contributed by atoms with Crippen LogP contribution in [0.1, 0.15) is 17.1 Å². The standard InChI is InChI=1S/C17H16F3N5OS/c1-24-7-3-6-12(24)9-15-22-23-16(27-10-14(21)26)25(15)13-5-2-4-11(8-13)17(18,19)20/h2-8H,9-10H2,1H3,(H2,21,26). The minimum atomic E-state index is -4.47. The fourth-order valence-electron chi connectivity index (χ4n) is 2.57. The summed E-state index contributed by atoms with van der Waals surface area (Å²) in [4.78, 5) is 11.1. The van der Waals surface area contributed by atoms with Crippen LogP contribution in [0.25, 0.3) is 5.69 Å². The van der Waals surface area contributed by atoms with Crippen molar-refractivity contribution in [2.45, 2.75) is 17.8 Å². The fourth-order valence-corrected chi connectivity index (χ4v) is 3.28. The molecular formula is C17H16F3N5OS. The highest BCUT2D eigenvalue weighted by Gasteiger charge is 2.31. The molecule has 0 unspecified atom stereocenters. The number of thioether (sulfide) groups is 1. The zero-order valence-electron chi connectivity index (χ0n) is 14.3. The second kappa shape index (κ2) is 7.47. The molecule has 3 aromatic rings. The number of hydrogen-bond donors (Lipinski definition) is 1. The summed E-state index contributed by atoms with van der Waals surface area (Å²) in [6.45, 7) is 0. The molecule has 6 nitrogen and oxygen atoms in total. The molecule has 0 saturated heterocycles. The number of hydrogen-bond acceptors (Lipinski definition) is 4. The first-order valence-corrected chi connectivity index (χ1v) is 8.87. The molecule has 0 fully saturated rings. The molecule has 142 valence electrons. The second-order valence-electron chi connectivity index (χ2n) is 5.82. The van der Waals surface area contributed by atoms with E-state index in [1.807, 2.05) is 29.9 Å². The van der Waals surface area contributed by atoms with E-state index in [2.05, 4.69) is 10.2 Å². The highest BCUT2D eigenvalue weighted by atomic mass is 32.2. The molecule has 0 bridgehead atoms. The quantitative estimate of drug-likeness (QED) is 0.651. The number of aromatic nitrogens is 4. The molecule has 1 aromatic carbocycles. The van der Waals surface area contributed by atoms with Crippen molar-refractivity contribution in [1.29, 1.82) is 0 Å². The molecule has 0 atom stereocenters. The summed E-state index contributed by atoms with van der Waals surface area (Å²) in [5, 5.41) is 8.47. The van der Waals surface area contributed by atoms with Gasteiger partial charge in [-0.3, -0.25) is 9.36 Å². The zero-order chi connectivity index (χ0) is 19.6. The number of aryl methyl sites for hydroxylation is 1. The Bertz CT molecular complexity index is 964. The molecule has 0 aliphatic rings. The molecule has 0 aliphatic heterocycles. The van der Waals surface area contributed by atoms with E-state index in [-0.39, 0.29) is 11.4 Å². The second-order valence-corrected chi connectivity index (χ2v) is 6.77. The van der Waals surface area contributed by atoms with Gasteiger partial charge in [0.1, 0.15) is 5.82 Å². The number of carbonyl (C=O) groups is 1.